The second-order valence-electron chi connectivity index (χ2n) is 3.02. The van der Waals surface area contributed by atoms with Gasteiger partial charge in [0.15, 0.2) is 0 Å². The Morgan fingerprint density at radius 3 is 2.69 bits per heavy atom. The molecule has 72 valence electrons. The van der Waals surface area contributed by atoms with Crippen molar-refractivity contribution in [2.45, 2.75) is 26.9 Å². The lowest BCUT2D eigenvalue weighted by atomic mass is 10.3. The molecule has 0 aliphatic rings. The van der Waals surface area contributed by atoms with E-state index >= 15 is 0 Å². The van der Waals surface area contributed by atoms with Crippen LogP contribution in [0.3, 0.4) is 0 Å². The van der Waals surface area contributed by atoms with Crippen molar-refractivity contribution in [3.8, 4) is 5.88 Å². The van der Waals surface area contributed by atoms with Crippen LogP contribution in [0.15, 0.2) is 10.7 Å². The van der Waals surface area contributed by atoms with Crippen molar-refractivity contribution in [1.29, 1.82) is 0 Å². The van der Waals surface area contributed by atoms with E-state index in [0.717, 1.165) is 13.9 Å². The number of rotatable bonds is 2. The third-order valence-corrected chi connectivity index (χ3v) is 3.59. The molecule has 1 aromatic heterocycles. The maximum Gasteiger partial charge on any atom is 0.227 e. The molecule has 0 radical (unpaired) electrons. The standard InChI is InChI=1S/C9H11BrINO/c1-5(2)13-9-8(11)6(3)7(10)4-12-9/h4-5H,1-3H3. The maximum atomic E-state index is 5.54. The molecule has 0 saturated carbocycles. The fourth-order valence-electron chi connectivity index (χ4n) is 0.839. The Balaban J connectivity index is 3.04. The Morgan fingerprint density at radius 1 is 1.54 bits per heavy atom. The van der Waals surface area contributed by atoms with Crippen molar-refractivity contribution in [3.63, 3.8) is 0 Å². The highest BCUT2D eigenvalue weighted by Crippen LogP contribution is 2.27. The number of nitrogens with zero attached hydrogens (tertiary/aromatic N) is 1. The molecular weight excluding hydrogens is 345 g/mol. The molecule has 0 bridgehead atoms. The molecule has 1 aromatic rings. The first-order chi connectivity index (χ1) is 6.02. The number of hydrogen-bond acceptors (Lipinski definition) is 2. The molecule has 0 fully saturated rings. The first-order valence-corrected chi connectivity index (χ1v) is 5.86. The van der Waals surface area contributed by atoms with Gasteiger partial charge in [-0.15, -0.1) is 0 Å². The Morgan fingerprint density at radius 2 is 2.15 bits per heavy atom. The van der Waals surface area contributed by atoms with Gasteiger partial charge < -0.3 is 4.74 Å². The van der Waals surface area contributed by atoms with E-state index in [-0.39, 0.29) is 6.10 Å². The van der Waals surface area contributed by atoms with Gasteiger partial charge in [0.05, 0.1) is 9.67 Å². The average molecular weight is 356 g/mol. The number of hydrogen-bond donors (Lipinski definition) is 0. The zero-order chi connectivity index (χ0) is 10.0. The van der Waals surface area contributed by atoms with Crippen molar-refractivity contribution in [3.05, 3.63) is 19.8 Å². The summed E-state index contributed by atoms with van der Waals surface area (Å²) in [5.41, 5.74) is 1.17. The summed E-state index contributed by atoms with van der Waals surface area (Å²) in [4.78, 5) is 4.20. The number of halogens is 2. The Labute approximate surface area is 100 Å². The monoisotopic (exact) mass is 355 g/mol. The topological polar surface area (TPSA) is 22.1 Å². The molecule has 0 saturated heterocycles. The normalized spacial score (nSPS) is 10.6. The molecule has 13 heavy (non-hydrogen) atoms. The number of pyridine rings is 1. The van der Waals surface area contributed by atoms with E-state index in [1.54, 1.807) is 6.20 Å². The molecule has 4 heteroatoms. The minimum absolute atomic E-state index is 0.168. The van der Waals surface area contributed by atoms with E-state index in [1.165, 1.54) is 5.56 Å². The van der Waals surface area contributed by atoms with E-state index < -0.39 is 0 Å². The van der Waals surface area contributed by atoms with Crippen molar-refractivity contribution in [2.75, 3.05) is 0 Å². The van der Waals surface area contributed by atoms with Gasteiger partial charge in [0.1, 0.15) is 0 Å². The minimum atomic E-state index is 0.168. The van der Waals surface area contributed by atoms with E-state index in [4.69, 9.17) is 4.74 Å². The Bertz CT molecular complexity index is 315. The van der Waals surface area contributed by atoms with Crippen LogP contribution in [0.25, 0.3) is 0 Å². The molecule has 0 amide bonds. The van der Waals surface area contributed by atoms with Crippen LogP contribution in [0.1, 0.15) is 19.4 Å². The molecule has 0 aliphatic carbocycles. The highest BCUT2D eigenvalue weighted by Gasteiger charge is 2.09. The smallest absolute Gasteiger partial charge is 0.227 e. The van der Waals surface area contributed by atoms with Gasteiger partial charge >= 0.3 is 0 Å². The first-order valence-electron chi connectivity index (χ1n) is 3.99. The van der Waals surface area contributed by atoms with E-state index in [0.29, 0.717) is 0 Å². The van der Waals surface area contributed by atoms with Crippen LogP contribution in [-0.4, -0.2) is 11.1 Å². The number of aromatic nitrogens is 1. The Kier molecular flexibility index (Phi) is 3.97. The lowest BCUT2D eigenvalue weighted by Crippen LogP contribution is -2.08. The number of ether oxygens (including phenoxy) is 1. The summed E-state index contributed by atoms with van der Waals surface area (Å²) < 4.78 is 7.63. The fourth-order valence-corrected chi connectivity index (χ4v) is 2.07. The first kappa shape index (κ1) is 11.2. The van der Waals surface area contributed by atoms with E-state index in [2.05, 4.69) is 43.5 Å². The molecule has 0 N–H and O–H groups in total. The van der Waals surface area contributed by atoms with Crippen molar-refractivity contribution >= 4 is 38.5 Å². The van der Waals surface area contributed by atoms with Gasteiger partial charge in [0.2, 0.25) is 5.88 Å². The summed E-state index contributed by atoms with van der Waals surface area (Å²) in [6, 6.07) is 0. The molecule has 1 heterocycles. The molecule has 0 aromatic carbocycles. The van der Waals surface area contributed by atoms with Gasteiger partial charge in [-0.25, -0.2) is 4.98 Å². The largest absolute Gasteiger partial charge is 0.474 e. The van der Waals surface area contributed by atoms with Crippen LogP contribution >= 0.6 is 38.5 Å². The van der Waals surface area contributed by atoms with Gasteiger partial charge in [0, 0.05) is 10.7 Å². The van der Waals surface area contributed by atoms with Crippen LogP contribution in [0.2, 0.25) is 0 Å². The summed E-state index contributed by atoms with van der Waals surface area (Å²) in [5, 5.41) is 0. The van der Waals surface area contributed by atoms with Crippen LogP contribution in [-0.2, 0) is 0 Å². The molecule has 0 atom stereocenters. The molecule has 0 aliphatic heterocycles. The Hall–Kier alpha value is 0.160. The quantitative estimate of drug-likeness (QED) is 0.757. The average Bonchev–Trinajstić information content (AvgIpc) is 2.06. The minimum Gasteiger partial charge on any atom is -0.474 e. The van der Waals surface area contributed by atoms with Crippen molar-refractivity contribution in [1.82, 2.24) is 4.98 Å². The van der Waals surface area contributed by atoms with E-state index in [9.17, 15) is 0 Å². The van der Waals surface area contributed by atoms with Crippen LogP contribution < -0.4 is 4.74 Å². The lowest BCUT2D eigenvalue weighted by Gasteiger charge is -2.12. The van der Waals surface area contributed by atoms with Crippen molar-refractivity contribution < 1.29 is 4.74 Å². The highest BCUT2D eigenvalue weighted by atomic mass is 127. The predicted molar refractivity (Wildman–Crippen MR) is 65.2 cm³/mol. The summed E-state index contributed by atoms with van der Waals surface area (Å²) in [7, 11) is 0. The van der Waals surface area contributed by atoms with Gasteiger partial charge in [-0.1, -0.05) is 0 Å². The van der Waals surface area contributed by atoms with Crippen LogP contribution in [0.4, 0.5) is 0 Å². The van der Waals surface area contributed by atoms with Gasteiger partial charge in [0.25, 0.3) is 0 Å². The summed E-state index contributed by atoms with van der Waals surface area (Å²) in [5.74, 6) is 0.719. The summed E-state index contributed by atoms with van der Waals surface area (Å²) >= 11 is 5.67. The van der Waals surface area contributed by atoms with Crippen LogP contribution in [0, 0.1) is 10.5 Å². The van der Waals surface area contributed by atoms with Crippen LogP contribution in [0.5, 0.6) is 5.88 Å². The fraction of sp³-hybridized carbons (Fsp3) is 0.444. The lowest BCUT2D eigenvalue weighted by molar-refractivity contribution is 0.230. The maximum absolute atomic E-state index is 5.54. The zero-order valence-electron chi connectivity index (χ0n) is 7.77. The molecular formula is C9H11BrINO. The SMILES string of the molecule is Cc1c(Br)cnc(OC(C)C)c1I. The van der Waals surface area contributed by atoms with E-state index in [1.807, 2.05) is 20.8 Å². The third kappa shape index (κ3) is 2.80. The third-order valence-electron chi connectivity index (χ3n) is 1.52. The molecule has 2 nitrogen and oxygen atoms in total. The molecule has 1 rings (SSSR count). The highest BCUT2D eigenvalue weighted by molar-refractivity contribution is 14.1. The van der Waals surface area contributed by atoms with Crippen molar-refractivity contribution in [2.24, 2.45) is 0 Å². The second-order valence-corrected chi connectivity index (χ2v) is 4.95. The van der Waals surface area contributed by atoms with Gasteiger partial charge in [-0.05, 0) is 64.9 Å². The summed E-state index contributed by atoms with van der Waals surface area (Å²) in [6.07, 6.45) is 1.94. The molecule has 0 unspecified atom stereocenters. The predicted octanol–water partition coefficient (Wildman–Crippen LogP) is 3.54. The summed E-state index contributed by atoms with van der Waals surface area (Å²) in [6.45, 7) is 6.03. The van der Waals surface area contributed by atoms with Gasteiger partial charge in [-0.2, -0.15) is 0 Å². The van der Waals surface area contributed by atoms with Gasteiger partial charge in [-0.3, -0.25) is 0 Å². The second kappa shape index (κ2) is 4.59. The molecule has 0 spiro atoms. The zero-order valence-corrected chi connectivity index (χ0v) is 11.5.